The minimum atomic E-state index is -0.175. The van der Waals surface area contributed by atoms with Crippen molar-refractivity contribution in [1.82, 2.24) is 4.90 Å². The van der Waals surface area contributed by atoms with Crippen LogP contribution in [0.15, 0.2) is 42.1 Å². The number of esters is 1. The Morgan fingerprint density at radius 3 is 2.93 bits per heavy atom. The predicted octanol–water partition coefficient (Wildman–Crippen LogP) is 4.55. The van der Waals surface area contributed by atoms with Crippen LogP contribution in [-0.4, -0.2) is 35.7 Å². The summed E-state index contributed by atoms with van der Waals surface area (Å²) >= 11 is 0. The molecule has 5 rings (SSSR count). The third-order valence-electron chi connectivity index (χ3n) is 8.16. The minimum Gasteiger partial charge on any atom is -0.508 e. The van der Waals surface area contributed by atoms with Crippen LogP contribution in [0, 0.1) is 17.3 Å². The molecule has 1 aliphatic heterocycles. The number of hydrogen-bond acceptors (Lipinski definition) is 4. The number of likely N-dealkylation sites (N-methyl/N-ethyl adjacent to an activating group) is 1. The van der Waals surface area contributed by atoms with E-state index < -0.39 is 0 Å². The Hall–Kier alpha value is -2.23. The van der Waals surface area contributed by atoms with Crippen molar-refractivity contribution < 1.29 is 14.6 Å². The molecule has 154 valence electrons. The first-order chi connectivity index (χ1) is 14.0. The zero-order chi connectivity index (χ0) is 20.2. The first kappa shape index (κ1) is 18.8. The maximum Gasteiger partial charge on any atom is 0.339 e. The third-order valence-corrected chi connectivity index (χ3v) is 8.16. The van der Waals surface area contributed by atoms with Gasteiger partial charge in [-0.1, -0.05) is 19.1 Å². The third kappa shape index (κ3) is 3.08. The Bertz CT molecular complexity index is 888. The number of phenolic OH excluding ortho intramolecular Hbond substituents is 1. The number of carbonyl (C=O) groups is 1. The van der Waals surface area contributed by atoms with Gasteiger partial charge in [-0.3, -0.25) is 0 Å². The zero-order valence-electron chi connectivity index (χ0n) is 17.4. The molecule has 4 nitrogen and oxygen atoms in total. The van der Waals surface area contributed by atoms with Crippen molar-refractivity contribution in [2.75, 3.05) is 13.6 Å². The van der Waals surface area contributed by atoms with Crippen LogP contribution >= 0.6 is 0 Å². The Labute approximate surface area is 173 Å². The van der Waals surface area contributed by atoms with E-state index in [0.29, 0.717) is 29.1 Å². The fourth-order valence-corrected chi connectivity index (χ4v) is 6.71. The molecule has 5 atom stereocenters. The summed E-state index contributed by atoms with van der Waals surface area (Å²) in [6, 6.07) is 5.95. The highest BCUT2D eigenvalue weighted by molar-refractivity contribution is 5.91. The SMILES string of the molecule is CN1C=C(C(=O)OC2CCC3C4CCc5cc(O)ccc5C4CCC23C)C=CC1. The number of nitrogens with zero attached hydrogens (tertiary/aromatic N) is 1. The highest BCUT2D eigenvalue weighted by atomic mass is 16.5. The predicted molar refractivity (Wildman–Crippen MR) is 112 cm³/mol. The topological polar surface area (TPSA) is 49.8 Å². The molecular weight excluding hydrogens is 362 g/mol. The molecule has 0 amide bonds. The van der Waals surface area contributed by atoms with E-state index in [1.807, 2.05) is 42.4 Å². The highest BCUT2D eigenvalue weighted by Gasteiger charge is 2.56. The van der Waals surface area contributed by atoms with Crippen LogP contribution in [-0.2, 0) is 16.0 Å². The molecule has 0 radical (unpaired) electrons. The van der Waals surface area contributed by atoms with Crippen molar-refractivity contribution in [3.05, 3.63) is 53.3 Å². The number of rotatable bonds is 2. The molecule has 4 aliphatic rings. The summed E-state index contributed by atoms with van der Waals surface area (Å²) in [5.74, 6) is 2.07. The van der Waals surface area contributed by atoms with Crippen LogP contribution in [0.3, 0.4) is 0 Å². The van der Waals surface area contributed by atoms with E-state index in [0.717, 1.165) is 38.6 Å². The number of fused-ring (bicyclic) bond motifs is 5. The number of benzene rings is 1. The molecule has 1 aromatic rings. The van der Waals surface area contributed by atoms with E-state index in [-0.39, 0.29) is 17.5 Å². The van der Waals surface area contributed by atoms with Gasteiger partial charge in [-0.25, -0.2) is 4.79 Å². The Morgan fingerprint density at radius 2 is 2.10 bits per heavy atom. The smallest absolute Gasteiger partial charge is 0.339 e. The number of aromatic hydroxyl groups is 1. The number of phenols is 1. The van der Waals surface area contributed by atoms with Gasteiger partial charge in [0.1, 0.15) is 11.9 Å². The van der Waals surface area contributed by atoms with Gasteiger partial charge in [0.2, 0.25) is 0 Å². The molecule has 2 saturated carbocycles. The fourth-order valence-electron chi connectivity index (χ4n) is 6.71. The number of hydrogen-bond donors (Lipinski definition) is 1. The van der Waals surface area contributed by atoms with Gasteiger partial charge in [0.15, 0.2) is 0 Å². The molecule has 1 heterocycles. The zero-order valence-corrected chi connectivity index (χ0v) is 17.4. The molecule has 29 heavy (non-hydrogen) atoms. The number of ether oxygens (including phenoxy) is 1. The van der Waals surface area contributed by atoms with Crippen molar-refractivity contribution in [2.45, 2.75) is 57.5 Å². The van der Waals surface area contributed by atoms with E-state index in [2.05, 4.69) is 13.0 Å². The Morgan fingerprint density at radius 1 is 1.24 bits per heavy atom. The van der Waals surface area contributed by atoms with Crippen LogP contribution in [0.2, 0.25) is 0 Å². The van der Waals surface area contributed by atoms with Crippen molar-refractivity contribution in [1.29, 1.82) is 0 Å². The fraction of sp³-hybridized carbons (Fsp3) is 0.560. The van der Waals surface area contributed by atoms with Gasteiger partial charge in [0.05, 0.1) is 5.57 Å². The second-order valence-corrected chi connectivity index (χ2v) is 9.74. The average Bonchev–Trinajstić information content (AvgIpc) is 3.04. The van der Waals surface area contributed by atoms with Crippen LogP contribution in [0.25, 0.3) is 0 Å². The highest BCUT2D eigenvalue weighted by Crippen LogP contribution is 2.61. The summed E-state index contributed by atoms with van der Waals surface area (Å²) in [5.41, 5.74) is 3.51. The minimum absolute atomic E-state index is 0.0173. The van der Waals surface area contributed by atoms with Gasteiger partial charge >= 0.3 is 5.97 Å². The summed E-state index contributed by atoms with van der Waals surface area (Å²) < 4.78 is 6.12. The molecule has 5 unspecified atom stereocenters. The van der Waals surface area contributed by atoms with E-state index in [4.69, 9.17) is 4.74 Å². The van der Waals surface area contributed by atoms with Gasteiger partial charge in [-0.2, -0.15) is 0 Å². The lowest BCUT2D eigenvalue weighted by atomic mass is 9.55. The lowest BCUT2D eigenvalue weighted by Crippen LogP contribution is -2.45. The van der Waals surface area contributed by atoms with E-state index in [1.54, 1.807) is 0 Å². The number of carbonyl (C=O) groups excluding carboxylic acids is 1. The van der Waals surface area contributed by atoms with Crippen LogP contribution < -0.4 is 0 Å². The monoisotopic (exact) mass is 393 g/mol. The molecule has 3 aliphatic carbocycles. The van der Waals surface area contributed by atoms with Crippen molar-refractivity contribution >= 4 is 5.97 Å². The quantitative estimate of drug-likeness (QED) is 0.749. The second-order valence-electron chi connectivity index (χ2n) is 9.74. The summed E-state index contributed by atoms with van der Waals surface area (Å²) in [4.78, 5) is 14.8. The molecule has 0 saturated heterocycles. The average molecular weight is 394 g/mol. The van der Waals surface area contributed by atoms with Crippen LogP contribution in [0.4, 0.5) is 0 Å². The van der Waals surface area contributed by atoms with Crippen molar-refractivity contribution in [3.63, 3.8) is 0 Å². The molecule has 4 heteroatoms. The summed E-state index contributed by atoms with van der Waals surface area (Å²) in [5, 5.41) is 9.86. The number of aryl methyl sites for hydroxylation is 1. The molecule has 1 aromatic carbocycles. The summed E-state index contributed by atoms with van der Waals surface area (Å²) in [6.07, 6.45) is 12.4. The normalized spacial score (nSPS) is 35.4. The molecule has 0 spiro atoms. The van der Waals surface area contributed by atoms with Crippen LogP contribution in [0.5, 0.6) is 5.75 Å². The first-order valence-corrected chi connectivity index (χ1v) is 11.1. The van der Waals surface area contributed by atoms with E-state index >= 15 is 0 Å². The summed E-state index contributed by atoms with van der Waals surface area (Å²) in [7, 11) is 1.98. The standard InChI is InChI=1S/C25H31NO3/c1-25-12-11-20-19-8-6-18(27)14-16(19)5-7-21(20)22(25)9-10-23(25)29-24(28)17-4-3-13-26(2)15-17/h3-4,6,8,14-15,20-23,27H,5,7,9-13H2,1-2H3. The Kier molecular flexibility index (Phi) is 4.49. The van der Waals surface area contributed by atoms with Crippen LogP contribution in [0.1, 0.15) is 56.1 Å². The van der Waals surface area contributed by atoms with Crippen molar-refractivity contribution in [2.24, 2.45) is 17.3 Å². The maximum absolute atomic E-state index is 12.8. The lowest BCUT2D eigenvalue weighted by Gasteiger charge is -2.50. The maximum atomic E-state index is 12.8. The van der Waals surface area contributed by atoms with E-state index in [1.165, 1.54) is 17.5 Å². The van der Waals surface area contributed by atoms with E-state index in [9.17, 15) is 9.90 Å². The van der Waals surface area contributed by atoms with Gasteiger partial charge in [-0.15, -0.1) is 0 Å². The molecule has 1 N–H and O–H groups in total. The molecule has 0 aromatic heterocycles. The second kappa shape index (κ2) is 6.93. The first-order valence-electron chi connectivity index (χ1n) is 11.1. The molecule has 0 bridgehead atoms. The lowest BCUT2D eigenvalue weighted by molar-refractivity contribution is -0.152. The molecular formula is C25H31NO3. The largest absolute Gasteiger partial charge is 0.508 e. The Balaban J connectivity index is 1.35. The molecule has 2 fully saturated rings. The van der Waals surface area contributed by atoms with Crippen molar-refractivity contribution in [3.8, 4) is 5.75 Å². The van der Waals surface area contributed by atoms with Gasteiger partial charge in [0, 0.05) is 25.2 Å². The van der Waals surface area contributed by atoms with Gasteiger partial charge in [0.25, 0.3) is 0 Å². The summed E-state index contributed by atoms with van der Waals surface area (Å²) in [6.45, 7) is 3.20. The van der Waals surface area contributed by atoms with Gasteiger partial charge in [-0.05, 0) is 85.6 Å². The van der Waals surface area contributed by atoms with Gasteiger partial charge < -0.3 is 14.7 Å².